The van der Waals surface area contributed by atoms with Gasteiger partial charge in [-0.15, -0.1) is 23.7 Å². The van der Waals surface area contributed by atoms with Crippen LogP contribution >= 0.6 is 23.7 Å². The lowest BCUT2D eigenvalue weighted by molar-refractivity contribution is -0.135. The fourth-order valence-electron chi connectivity index (χ4n) is 2.70. The van der Waals surface area contributed by atoms with Crippen LogP contribution in [0, 0.1) is 5.92 Å². The van der Waals surface area contributed by atoms with Gasteiger partial charge >= 0.3 is 0 Å². The number of amides is 2. The molecule has 0 saturated carbocycles. The summed E-state index contributed by atoms with van der Waals surface area (Å²) >= 11 is 1.39. The Morgan fingerprint density at radius 3 is 2.79 bits per heavy atom. The molecule has 2 amide bonds. The Bertz CT molecular complexity index is 551. The van der Waals surface area contributed by atoms with Gasteiger partial charge in [0.05, 0.1) is 10.8 Å². The Hall–Kier alpha value is -1.44. The molecule has 0 radical (unpaired) electrons. The fourth-order valence-corrected chi connectivity index (χ4v) is 3.39. The summed E-state index contributed by atoms with van der Waals surface area (Å²) in [6.45, 7) is 1.96. The molecule has 1 aromatic rings. The maximum atomic E-state index is 12.3. The normalized spacial score (nSPS) is 17.0. The standard InChI is InChI=1S/C16H23N3O3S.ClH/c17-7-8-18-16(22)12-3-1-9-19(11-12)15(21)6-5-13(20)14-4-2-10-23-14;/h2,4,10,12H,1,3,5-9,11,17H2,(H,18,22);1H. The largest absolute Gasteiger partial charge is 0.355 e. The van der Waals surface area contributed by atoms with Gasteiger partial charge in [0.25, 0.3) is 0 Å². The molecule has 1 atom stereocenters. The number of hydrogen-bond acceptors (Lipinski definition) is 5. The molecule has 8 heteroatoms. The Morgan fingerprint density at radius 1 is 1.33 bits per heavy atom. The predicted molar refractivity (Wildman–Crippen MR) is 96.5 cm³/mol. The molecule has 1 aromatic heterocycles. The van der Waals surface area contributed by atoms with Crippen molar-refractivity contribution in [2.45, 2.75) is 25.7 Å². The Labute approximate surface area is 152 Å². The molecule has 0 bridgehead atoms. The van der Waals surface area contributed by atoms with E-state index in [-0.39, 0.29) is 48.8 Å². The number of likely N-dealkylation sites (tertiary alicyclic amines) is 1. The number of carbonyl (C=O) groups excluding carboxylic acids is 3. The maximum absolute atomic E-state index is 12.3. The van der Waals surface area contributed by atoms with Crippen molar-refractivity contribution < 1.29 is 14.4 Å². The number of rotatable bonds is 7. The first kappa shape index (κ1) is 20.6. The molecule has 6 nitrogen and oxygen atoms in total. The number of nitrogens with one attached hydrogen (secondary N) is 1. The molecule has 2 heterocycles. The van der Waals surface area contributed by atoms with Crippen molar-refractivity contribution in [2.24, 2.45) is 11.7 Å². The monoisotopic (exact) mass is 373 g/mol. The number of hydrogen-bond donors (Lipinski definition) is 2. The Kier molecular flexibility index (Phi) is 8.95. The predicted octanol–water partition coefficient (Wildman–Crippen LogP) is 1.45. The van der Waals surface area contributed by atoms with Gasteiger partial charge in [-0.3, -0.25) is 14.4 Å². The van der Waals surface area contributed by atoms with E-state index in [2.05, 4.69) is 5.32 Å². The second kappa shape index (κ2) is 10.4. The molecule has 1 fully saturated rings. The number of nitrogens with zero attached hydrogens (tertiary/aromatic N) is 1. The van der Waals surface area contributed by atoms with Gasteiger partial charge in [-0.1, -0.05) is 6.07 Å². The van der Waals surface area contributed by atoms with Crippen molar-refractivity contribution in [3.63, 3.8) is 0 Å². The molecule has 3 N–H and O–H groups in total. The van der Waals surface area contributed by atoms with E-state index in [1.807, 2.05) is 11.4 Å². The zero-order valence-electron chi connectivity index (χ0n) is 13.5. The number of Topliss-reactive ketones (excluding diaryl/α,β-unsaturated/α-hetero) is 1. The lowest BCUT2D eigenvalue weighted by Gasteiger charge is -2.32. The molecule has 24 heavy (non-hydrogen) atoms. The van der Waals surface area contributed by atoms with Gasteiger partial charge in [0.2, 0.25) is 11.8 Å². The maximum Gasteiger partial charge on any atom is 0.224 e. The molecule has 0 spiro atoms. The summed E-state index contributed by atoms with van der Waals surface area (Å²) < 4.78 is 0. The van der Waals surface area contributed by atoms with Crippen LogP contribution in [-0.4, -0.2) is 48.7 Å². The zero-order valence-corrected chi connectivity index (χ0v) is 15.2. The van der Waals surface area contributed by atoms with Crippen molar-refractivity contribution >= 4 is 41.3 Å². The molecule has 0 aromatic carbocycles. The lowest BCUT2D eigenvalue weighted by atomic mass is 9.96. The molecule has 2 rings (SSSR count). The van der Waals surface area contributed by atoms with E-state index in [0.717, 1.165) is 12.8 Å². The molecule has 1 unspecified atom stereocenters. The van der Waals surface area contributed by atoms with Crippen LogP contribution in [0.4, 0.5) is 0 Å². The zero-order chi connectivity index (χ0) is 16.7. The van der Waals surface area contributed by atoms with Crippen LogP contribution in [0.3, 0.4) is 0 Å². The summed E-state index contributed by atoms with van der Waals surface area (Å²) in [6, 6.07) is 3.60. The van der Waals surface area contributed by atoms with Crippen molar-refractivity contribution in [3.05, 3.63) is 22.4 Å². The van der Waals surface area contributed by atoms with Crippen LogP contribution in [0.15, 0.2) is 17.5 Å². The van der Waals surface area contributed by atoms with Gasteiger partial charge in [0.1, 0.15) is 0 Å². The van der Waals surface area contributed by atoms with Crippen molar-refractivity contribution in [3.8, 4) is 0 Å². The van der Waals surface area contributed by atoms with Crippen molar-refractivity contribution in [2.75, 3.05) is 26.2 Å². The molecule has 0 aliphatic carbocycles. The number of nitrogens with two attached hydrogens (primary N) is 1. The minimum atomic E-state index is -0.174. The second-order valence-electron chi connectivity index (χ2n) is 5.66. The third-order valence-electron chi connectivity index (χ3n) is 3.95. The number of ketones is 1. The summed E-state index contributed by atoms with van der Waals surface area (Å²) in [4.78, 5) is 38.6. The van der Waals surface area contributed by atoms with Crippen LogP contribution in [0.2, 0.25) is 0 Å². The average Bonchev–Trinajstić information content (AvgIpc) is 3.12. The second-order valence-corrected chi connectivity index (χ2v) is 6.61. The first-order valence-electron chi connectivity index (χ1n) is 7.94. The molecule has 1 saturated heterocycles. The van der Waals surface area contributed by atoms with Gasteiger partial charge in [0.15, 0.2) is 5.78 Å². The summed E-state index contributed by atoms with van der Waals surface area (Å²) in [7, 11) is 0. The molecular weight excluding hydrogens is 350 g/mol. The smallest absolute Gasteiger partial charge is 0.224 e. The highest BCUT2D eigenvalue weighted by molar-refractivity contribution is 7.12. The van der Waals surface area contributed by atoms with Crippen molar-refractivity contribution in [1.82, 2.24) is 10.2 Å². The van der Waals surface area contributed by atoms with Gasteiger partial charge in [-0.25, -0.2) is 0 Å². The first-order chi connectivity index (χ1) is 11.1. The van der Waals surface area contributed by atoms with Crippen LogP contribution in [0.25, 0.3) is 0 Å². The van der Waals surface area contributed by atoms with E-state index < -0.39 is 0 Å². The van der Waals surface area contributed by atoms with Gasteiger partial charge < -0.3 is 16.0 Å². The van der Waals surface area contributed by atoms with Gasteiger partial charge in [-0.2, -0.15) is 0 Å². The van der Waals surface area contributed by atoms with E-state index >= 15 is 0 Å². The fraction of sp³-hybridized carbons (Fsp3) is 0.562. The molecular formula is C16H24ClN3O3S. The molecule has 1 aliphatic heterocycles. The van der Waals surface area contributed by atoms with Crippen LogP contribution in [0.5, 0.6) is 0 Å². The SMILES string of the molecule is Cl.NCCNC(=O)C1CCCN(C(=O)CCC(=O)c2cccs2)C1. The van der Waals surface area contributed by atoms with E-state index in [1.165, 1.54) is 11.3 Å². The Morgan fingerprint density at radius 2 is 2.12 bits per heavy atom. The lowest BCUT2D eigenvalue weighted by Crippen LogP contribution is -2.46. The summed E-state index contributed by atoms with van der Waals surface area (Å²) in [6.07, 6.45) is 2.02. The number of carbonyl (C=O) groups is 3. The van der Waals surface area contributed by atoms with Crippen LogP contribution < -0.4 is 11.1 Å². The molecule has 1 aliphatic rings. The van der Waals surface area contributed by atoms with E-state index in [0.29, 0.717) is 31.1 Å². The van der Waals surface area contributed by atoms with Gasteiger partial charge in [-0.05, 0) is 24.3 Å². The van der Waals surface area contributed by atoms with Gasteiger partial charge in [0, 0.05) is 39.0 Å². The minimum absolute atomic E-state index is 0. The summed E-state index contributed by atoms with van der Waals surface area (Å²) in [5.74, 6) is -0.260. The third-order valence-corrected chi connectivity index (χ3v) is 4.86. The highest BCUT2D eigenvalue weighted by atomic mass is 35.5. The summed E-state index contributed by atoms with van der Waals surface area (Å²) in [5.41, 5.74) is 5.38. The topological polar surface area (TPSA) is 92.5 Å². The average molecular weight is 374 g/mol. The van der Waals surface area contributed by atoms with Crippen molar-refractivity contribution in [1.29, 1.82) is 0 Å². The van der Waals surface area contributed by atoms with E-state index in [1.54, 1.807) is 11.0 Å². The Balaban J connectivity index is 0.00000288. The first-order valence-corrected chi connectivity index (χ1v) is 8.82. The van der Waals surface area contributed by atoms with E-state index in [9.17, 15) is 14.4 Å². The van der Waals surface area contributed by atoms with Crippen LogP contribution in [-0.2, 0) is 9.59 Å². The molecule has 134 valence electrons. The number of piperidine rings is 1. The number of halogens is 1. The highest BCUT2D eigenvalue weighted by Crippen LogP contribution is 2.19. The summed E-state index contributed by atoms with van der Waals surface area (Å²) in [5, 5.41) is 4.63. The number of thiophene rings is 1. The minimum Gasteiger partial charge on any atom is -0.355 e. The van der Waals surface area contributed by atoms with E-state index in [4.69, 9.17) is 5.73 Å². The highest BCUT2D eigenvalue weighted by Gasteiger charge is 2.28. The quantitative estimate of drug-likeness (QED) is 0.707. The third kappa shape index (κ3) is 5.89. The van der Waals surface area contributed by atoms with Crippen LogP contribution in [0.1, 0.15) is 35.4 Å².